The van der Waals surface area contributed by atoms with E-state index in [1.54, 1.807) is 13.3 Å². The molecule has 0 aliphatic heterocycles. The first-order valence-electron chi connectivity index (χ1n) is 6.27. The van der Waals surface area contributed by atoms with Crippen molar-refractivity contribution in [1.82, 2.24) is 5.32 Å². The van der Waals surface area contributed by atoms with Crippen molar-refractivity contribution in [3.63, 3.8) is 0 Å². The zero-order chi connectivity index (χ0) is 13.1. The van der Waals surface area contributed by atoms with Crippen molar-refractivity contribution in [2.75, 3.05) is 7.05 Å². The number of amidine groups is 1. The maximum atomic E-state index is 4.31. The van der Waals surface area contributed by atoms with Gasteiger partial charge in [-0.1, -0.05) is 26.3 Å². The van der Waals surface area contributed by atoms with Gasteiger partial charge in [0.15, 0.2) is 0 Å². The number of hydrogen-bond donors (Lipinski definition) is 1. The number of allylic oxidation sites excluding steroid dienone is 3. The first-order chi connectivity index (χ1) is 8.17. The van der Waals surface area contributed by atoms with Crippen molar-refractivity contribution < 1.29 is 0 Å². The second-order valence-electron chi connectivity index (χ2n) is 3.77. The Balaban J connectivity index is 4.88. The van der Waals surface area contributed by atoms with Gasteiger partial charge in [-0.05, 0) is 38.3 Å². The summed E-state index contributed by atoms with van der Waals surface area (Å²) in [6.07, 6.45) is 9.45. The van der Waals surface area contributed by atoms with Gasteiger partial charge in [0.2, 0.25) is 0 Å². The fourth-order valence-corrected chi connectivity index (χ4v) is 1.30. The third kappa shape index (κ3) is 7.50. The van der Waals surface area contributed by atoms with Gasteiger partial charge in [-0.15, -0.1) is 0 Å². The second kappa shape index (κ2) is 9.82. The van der Waals surface area contributed by atoms with Gasteiger partial charge >= 0.3 is 0 Å². The Bertz CT molecular complexity index is 322. The molecule has 17 heavy (non-hydrogen) atoms. The van der Waals surface area contributed by atoms with Crippen molar-refractivity contribution in [1.29, 1.82) is 0 Å². The molecular weight excluding hydrogens is 210 g/mol. The summed E-state index contributed by atoms with van der Waals surface area (Å²) in [5.41, 5.74) is 1.31. The Morgan fingerprint density at radius 1 is 1.29 bits per heavy atom. The van der Waals surface area contributed by atoms with Gasteiger partial charge in [0.1, 0.15) is 5.82 Å². The molecule has 0 unspecified atom stereocenters. The lowest BCUT2D eigenvalue weighted by molar-refractivity contribution is 0.938. The molecule has 0 spiro atoms. The molecule has 0 bridgehead atoms. The van der Waals surface area contributed by atoms with E-state index in [2.05, 4.69) is 41.3 Å². The molecule has 0 saturated heterocycles. The van der Waals surface area contributed by atoms with Crippen molar-refractivity contribution in [3.05, 3.63) is 23.5 Å². The zero-order valence-electron chi connectivity index (χ0n) is 11.7. The molecule has 0 amide bonds. The standard InChI is InChI=1S/C14H25N3/c1-6-9-10-13(7-2)11-14(16-8-3)17-12(4)15-5/h8,10-11H,6-7,9H2,1-5H3,(H,15,17)/b13-10?,14-11+,16-8?. The topological polar surface area (TPSA) is 36.8 Å². The van der Waals surface area contributed by atoms with Crippen LogP contribution in [0, 0.1) is 0 Å². The van der Waals surface area contributed by atoms with Crippen LogP contribution in [0.15, 0.2) is 33.5 Å². The van der Waals surface area contributed by atoms with Crippen molar-refractivity contribution in [2.45, 2.75) is 47.0 Å². The van der Waals surface area contributed by atoms with Crippen LogP contribution in [-0.4, -0.2) is 19.1 Å². The maximum absolute atomic E-state index is 4.31. The van der Waals surface area contributed by atoms with Crippen LogP contribution >= 0.6 is 0 Å². The van der Waals surface area contributed by atoms with E-state index in [-0.39, 0.29) is 0 Å². The summed E-state index contributed by atoms with van der Waals surface area (Å²) in [6.45, 7) is 8.19. The highest BCUT2D eigenvalue weighted by Crippen LogP contribution is 2.08. The van der Waals surface area contributed by atoms with E-state index in [1.165, 1.54) is 12.0 Å². The van der Waals surface area contributed by atoms with E-state index in [0.717, 1.165) is 24.5 Å². The van der Waals surface area contributed by atoms with Crippen LogP contribution in [0.3, 0.4) is 0 Å². The highest BCUT2D eigenvalue weighted by molar-refractivity contribution is 5.81. The van der Waals surface area contributed by atoms with Gasteiger partial charge < -0.3 is 5.32 Å². The van der Waals surface area contributed by atoms with Crippen LogP contribution in [0.5, 0.6) is 0 Å². The van der Waals surface area contributed by atoms with Gasteiger partial charge in [-0.3, -0.25) is 4.99 Å². The highest BCUT2D eigenvalue weighted by Gasteiger charge is 1.97. The molecule has 3 nitrogen and oxygen atoms in total. The minimum absolute atomic E-state index is 0.847. The smallest absolute Gasteiger partial charge is 0.131 e. The molecule has 0 fully saturated rings. The molecule has 96 valence electrons. The number of nitrogens with zero attached hydrogens (tertiary/aromatic N) is 2. The zero-order valence-corrected chi connectivity index (χ0v) is 11.7. The number of rotatable bonds is 6. The summed E-state index contributed by atoms with van der Waals surface area (Å²) >= 11 is 0. The van der Waals surface area contributed by atoms with E-state index < -0.39 is 0 Å². The number of hydrogen-bond acceptors (Lipinski definition) is 2. The van der Waals surface area contributed by atoms with Crippen LogP contribution in [0.2, 0.25) is 0 Å². The van der Waals surface area contributed by atoms with Crippen molar-refractivity contribution >= 4 is 12.1 Å². The summed E-state index contributed by atoms with van der Waals surface area (Å²) in [5.74, 6) is 1.72. The Hall–Kier alpha value is -1.38. The van der Waals surface area contributed by atoms with Crippen LogP contribution < -0.4 is 5.32 Å². The summed E-state index contributed by atoms with van der Waals surface area (Å²) in [6, 6.07) is 0. The average Bonchev–Trinajstić information content (AvgIpc) is 2.34. The summed E-state index contributed by atoms with van der Waals surface area (Å²) in [7, 11) is 1.77. The molecule has 0 atom stereocenters. The minimum atomic E-state index is 0.847. The van der Waals surface area contributed by atoms with Gasteiger partial charge in [0.05, 0.1) is 5.84 Å². The molecular formula is C14H25N3. The summed E-state index contributed by atoms with van der Waals surface area (Å²) in [5, 5.41) is 3.18. The molecule has 0 aliphatic carbocycles. The lowest BCUT2D eigenvalue weighted by Gasteiger charge is -2.06. The van der Waals surface area contributed by atoms with Crippen molar-refractivity contribution in [2.24, 2.45) is 9.98 Å². The molecule has 0 heterocycles. The predicted octanol–water partition coefficient (Wildman–Crippen LogP) is 3.69. The Morgan fingerprint density at radius 2 is 2.00 bits per heavy atom. The van der Waals surface area contributed by atoms with E-state index in [1.807, 2.05) is 13.8 Å². The fourth-order valence-electron chi connectivity index (χ4n) is 1.30. The Morgan fingerprint density at radius 3 is 2.47 bits per heavy atom. The predicted molar refractivity (Wildman–Crippen MR) is 77.7 cm³/mol. The Labute approximate surface area is 105 Å². The summed E-state index contributed by atoms with van der Waals surface area (Å²) < 4.78 is 0. The molecule has 0 saturated carbocycles. The van der Waals surface area contributed by atoms with E-state index in [4.69, 9.17) is 0 Å². The first kappa shape index (κ1) is 15.6. The van der Waals surface area contributed by atoms with Crippen LogP contribution in [-0.2, 0) is 0 Å². The third-order valence-electron chi connectivity index (χ3n) is 2.34. The largest absolute Gasteiger partial charge is 0.329 e. The first-order valence-corrected chi connectivity index (χ1v) is 6.27. The Kier molecular flexibility index (Phi) is 9.02. The monoisotopic (exact) mass is 235 g/mol. The highest BCUT2D eigenvalue weighted by atomic mass is 15.1. The second-order valence-corrected chi connectivity index (χ2v) is 3.77. The normalized spacial score (nSPS) is 14.5. The quantitative estimate of drug-likeness (QED) is 0.425. The lowest BCUT2D eigenvalue weighted by atomic mass is 10.1. The van der Waals surface area contributed by atoms with Gasteiger partial charge in [0.25, 0.3) is 0 Å². The third-order valence-corrected chi connectivity index (χ3v) is 2.34. The maximum Gasteiger partial charge on any atom is 0.131 e. The molecule has 0 aliphatic rings. The van der Waals surface area contributed by atoms with Gasteiger partial charge in [-0.2, -0.15) is 0 Å². The number of nitrogens with one attached hydrogen (secondary N) is 1. The van der Waals surface area contributed by atoms with Gasteiger partial charge in [0, 0.05) is 13.3 Å². The molecule has 1 N–H and O–H groups in total. The molecule has 3 heteroatoms. The minimum Gasteiger partial charge on any atom is -0.329 e. The molecule has 0 aromatic rings. The van der Waals surface area contributed by atoms with E-state index in [0.29, 0.717) is 0 Å². The van der Waals surface area contributed by atoms with Crippen LogP contribution in [0.4, 0.5) is 0 Å². The van der Waals surface area contributed by atoms with Crippen LogP contribution in [0.1, 0.15) is 47.0 Å². The molecule has 0 rings (SSSR count). The number of aliphatic imine (C=N–C) groups is 2. The van der Waals surface area contributed by atoms with E-state index >= 15 is 0 Å². The van der Waals surface area contributed by atoms with Gasteiger partial charge in [-0.25, -0.2) is 4.99 Å². The molecule has 0 aromatic heterocycles. The fraction of sp³-hybridized carbons (Fsp3) is 0.571. The van der Waals surface area contributed by atoms with Crippen LogP contribution in [0.25, 0.3) is 0 Å². The lowest BCUT2D eigenvalue weighted by Crippen LogP contribution is -2.18. The summed E-state index contributed by atoms with van der Waals surface area (Å²) in [4.78, 5) is 8.39. The SMILES string of the molecule is CC=N/C(=C\C(=CCCC)CC)NC(C)=NC. The molecule has 0 aromatic carbocycles. The number of unbranched alkanes of at least 4 members (excludes halogenated alkanes) is 1. The van der Waals surface area contributed by atoms with Crippen molar-refractivity contribution in [3.8, 4) is 0 Å². The van der Waals surface area contributed by atoms with E-state index in [9.17, 15) is 0 Å². The average molecular weight is 235 g/mol. The molecule has 0 radical (unpaired) electrons.